The quantitative estimate of drug-likeness (QED) is 0.911. The first kappa shape index (κ1) is 17.2. The van der Waals surface area contributed by atoms with Gasteiger partial charge >= 0.3 is 5.97 Å². The molecule has 2 atom stereocenters. The predicted octanol–water partition coefficient (Wildman–Crippen LogP) is 3.26. The largest absolute Gasteiger partial charge is 0.480 e. The van der Waals surface area contributed by atoms with Crippen molar-refractivity contribution in [2.45, 2.75) is 37.6 Å². The Bertz CT molecular complexity index is 757. The number of aliphatic carboxylic acids is 1. The van der Waals surface area contributed by atoms with E-state index in [2.05, 4.69) is 6.07 Å². The van der Waals surface area contributed by atoms with Gasteiger partial charge in [0.25, 0.3) is 0 Å². The maximum absolute atomic E-state index is 13.1. The summed E-state index contributed by atoms with van der Waals surface area (Å²) >= 11 is 0. The van der Waals surface area contributed by atoms with Crippen LogP contribution in [0.1, 0.15) is 35.4 Å². The Morgan fingerprint density at radius 1 is 1.12 bits per heavy atom. The normalized spacial score (nSPS) is 17.4. The summed E-state index contributed by atoms with van der Waals surface area (Å²) < 4.78 is 0. The Balaban J connectivity index is 1.82. The van der Waals surface area contributed by atoms with E-state index in [0.717, 1.165) is 30.4 Å². The molecule has 4 nitrogen and oxygen atoms in total. The molecule has 2 aromatic carbocycles. The van der Waals surface area contributed by atoms with Gasteiger partial charge in [0, 0.05) is 13.5 Å². The SMILES string of the molecule is CN(C(=O)C1CCCc2ccccc21)C(Cc1ccccc1)C(=O)O. The summed E-state index contributed by atoms with van der Waals surface area (Å²) in [5, 5.41) is 9.65. The van der Waals surface area contributed by atoms with Crippen molar-refractivity contribution in [1.82, 2.24) is 4.90 Å². The van der Waals surface area contributed by atoms with Gasteiger partial charge in [-0.1, -0.05) is 54.6 Å². The summed E-state index contributed by atoms with van der Waals surface area (Å²) in [7, 11) is 1.61. The number of hydrogen-bond donors (Lipinski definition) is 1. The zero-order valence-electron chi connectivity index (χ0n) is 14.4. The average Bonchev–Trinajstić information content (AvgIpc) is 2.65. The molecular formula is C21H23NO3. The number of hydrogen-bond acceptors (Lipinski definition) is 2. The number of rotatable bonds is 5. The molecule has 1 aliphatic carbocycles. The van der Waals surface area contributed by atoms with Gasteiger partial charge in [-0.05, 0) is 36.0 Å². The predicted molar refractivity (Wildman–Crippen MR) is 96.5 cm³/mol. The number of nitrogens with zero attached hydrogens (tertiary/aromatic N) is 1. The van der Waals surface area contributed by atoms with Crippen LogP contribution in [0.5, 0.6) is 0 Å². The molecule has 0 saturated heterocycles. The number of carboxylic acids is 1. The second-order valence-electron chi connectivity index (χ2n) is 6.64. The summed E-state index contributed by atoms with van der Waals surface area (Å²) in [5.74, 6) is -1.31. The molecule has 1 aliphatic rings. The van der Waals surface area contributed by atoms with E-state index in [4.69, 9.17) is 0 Å². The lowest BCUT2D eigenvalue weighted by molar-refractivity contribution is -0.149. The van der Waals surface area contributed by atoms with E-state index >= 15 is 0 Å². The molecule has 2 unspecified atom stereocenters. The van der Waals surface area contributed by atoms with E-state index in [1.54, 1.807) is 7.05 Å². The fourth-order valence-corrected chi connectivity index (χ4v) is 3.64. The van der Waals surface area contributed by atoms with Crippen molar-refractivity contribution < 1.29 is 14.7 Å². The van der Waals surface area contributed by atoms with Gasteiger partial charge in [0.05, 0.1) is 5.92 Å². The van der Waals surface area contributed by atoms with Crippen molar-refractivity contribution in [3.05, 3.63) is 71.3 Å². The van der Waals surface area contributed by atoms with Gasteiger partial charge in [-0.15, -0.1) is 0 Å². The molecule has 4 heteroatoms. The molecule has 0 spiro atoms. The third kappa shape index (κ3) is 3.73. The lowest BCUT2D eigenvalue weighted by Crippen LogP contribution is -2.46. The minimum Gasteiger partial charge on any atom is -0.480 e. The third-order valence-corrected chi connectivity index (χ3v) is 5.04. The molecule has 3 rings (SSSR count). The molecule has 1 amide bonds. The molecular weight excluding hydrogens is 314 g/mol. The monoisotopic (exact) mass is 337 g/mol. The van der Waals surface area contributed by atoms with Crippen LogP contribution in [0.15, 0.2) is 54.6 Å². The summed E-state index contributed by atoms with van der Waals surface area (Å²) in [4.78, 5) is 26.3. The van der Waals surface area contributed by atoms with Crippen molar-refractivity contribution in [1.29, 1.82) is 0 Å². The molecule has 0 fully saturated rings. The maximum atomic E-state index is 13.1. The smallest absolute Gasteiger partial charge is 0.326 e. The van der Waals surface area contributed by atoms with Crippen LogP contribution < -0.4 is 0 Å². The van der Waals surface area contributed by atoms with Crippen molar-refractivity contribution in [2.24, 2.45) is 0 Å². The second-order valence-corrected chi connectivity index (χ2v) is 6.64. The molecule has 0 bridgehead atoms. The van der Waals surface area contributed by atoms with Crippen LogP contribution in [0.3, 0.4) is 0 Å². The van der Waals surface area contributed by atoms with Crippen LogP contribution in [0.2, 0.25) is 0 Å². The highest BCUT2D eigenvalue weighted by Crippen LogP contribution is 2.33. The van der Waals surface area contributed by atoms with Gasteiger partial charge in [0.15, 0.2) is 0 Å². The highest BCUT2D eigenvalue weighted by molar-refractivity contribution is 5.88. The fourth-order valence-electron chi connectivity index (χ4n) is 3.64. The topological polar surface area (TPSA) is 57.6 Å². The molecule has 0 aliphatic heterocycles. The van der Waals surface area contributed by atoms with Crippen LogP contribution in [-0.2, 0) is 22.4 Å². The van der Waals surface area contributed by atoms with Crippen molar-refractivity contribution in [2.75, 3.05) is 7.05 Å². The Hall–Kier alpha value is -2.62. The van der Waals surface area contributed by atoms with Gasteiger partial charge in [-0.2, -0.15) is 0 Å². The van der Waals surface area contributed by atoms with Gasteiger partial charge in [-0.3, -0.25) is 4.79 Å². The van der Waals surface area contributed by atoms with E-state index in [1.807, 2.05) is 48.5 Å². The highest BCUT2D eigenvalue weighted by Gasteiger charge is 2.34. The van der Waals surface area contributed by atoms with Gasteiger partial charge < -0.3 is 10.0 Å². The van der Waals surface area contributed by atoms with Gasteiger partial charge in [0.2, 0.25) is 5.91 Å². The molecule has 0 radical (unpaired) electrons. The number of benzene rings is 2. The summed E-state index contributed by atoms with van der Waals surface area (Å²) in [6.07, 6.45) is 3.03. The highest BCUT2D eigenvalue weighted by atomic mass is 16.4. The first-order valence-corrected chi connectivity index (χ1v) is 8.69. The second kappa shape index (κ2) is 7.51. The van der Waals surface area contributed by atoms with Gasteiger partial charge in [0.1, 0.15) is 6.04 Å². The molecule has 2 aromatic rings. The number of fused-ring (bicyclic) bond motifs is 1. The Labute approximate surface area is 148 Å². The van der Waals surface area contributed by atoms with Crippen LogP contribution in [0.4, 0.5) is 0 Å². The molecule has 130 valence electrons. The number of carbonyl (C=O) groups excluding carboxylic acids is 1. The third-order valence-electron chi connectivity index (χ3n) is 5.04. The van der Waals surface area contributed by atoms with E-state index in [-0.39, 0.29) is 11.8 Å². The maximum Gasteiger partial charge on any atom is 0.326 e. The van der Waals surface area contributed by atoms with Crippen LogP contribution in [0, 0.1) is 0 Å². The first-order chi connectivity index (χ1) is 12.1. The average molecular weight is 337 g/mol. The molecule has 25 heavy (non-hydrogen) atoms. The van der Waals surface area contributed by atoms with Crippen molar-refractivity contribution in [3.63, 3.8) is 0 Å². The first-order valence-electron chi connectivity index (χ1n) is 8.69. The molecule has 0 saturated carbocycles. The fraction of sp³-hybridized carbons (Fsp3) is 0.333. The summed E-state index contributed by atoms with van der Waals surface area (Å²) in [5.41, 5.74) is 3.17. The molecule has 1 N–H and O–H groups in total. The Morgan fingerprint density at radius 3 is 2.52 bits per heavy atom. The molecule has 0 aromatic heterocycles. The number of amides is 1. The minimum atomic E-state index is -0.969. The van der Waals surface area contributed by atoms with Crippen LogP contribution in [-0.4, -0.2) is 35.0 Å². The van der Waals surface area contributed by atoms with E-state index in [9.17, 15) is 14.7 Å². The standard InChI is InChI=1S/C21H23NO3/c1-22(19(21(24)25)14-15-8-3-2-4-9-15)20(23)18-13-7-11-16-10-5-6-12-17(16)18/h2-6,8-10,12,18-19H,7,11,13-14H2,1H3,(H,24,25). The summed E-state index contributed by atoms with van der Waals surface area (Å²) in [6, 6.07) is 16.6. The zero-order valence-corrected chi connectivity index (χ0v) is 14.4. The minimum absolute atomic E-state index is 0.101. The van der Waals surface area contributed by atoms with E-state index in [1.165, 1.54) is 10.5 Å². The van der Waals surface area contributed by atoms with Crippen LogP contribution >= 0.6 is 0 Å². The number of carbonyl (C=O) groups is 2. The zero-order chi connectivity index (χ0) is 17.8. The number of carboxylic acid groups (broad SMARTS) is 1. The lowest BCUT2D eigenvalue weighted by Gasteiger charge is -2.32. The lowest BCUT2D eigenvalue weighted by atomic mass is 9.82. The van der Waals surface area contributed by atoms with Crippen molar-refractivity contribution in [3.8, 4) is 0 Å². The Kier molecular flexibility index (Phi) is 5.17. The van der Waals surface area contributed by atoms with Gasteiger partial charge in [-0.25, -0.2) is 4.79 Å². The summed E-state index contributed by atoms with van der Waals surface area (Å²) in [6.45, 7) is 0. The number of aryl methyl sites for hydroxylation is 1. The van der Waals surface area contributed by atoms with Crippen molar-refractivity contribution >= 4 is 11.9 Å². The van der Waals surface area contributed by atoms with Crippen LogP contribution in [0.25, 0.3) is 0 Å². The Morgan fingerprint density at radius 2 is 1.80 bits per heavy atom. The van der Waals surface area contributed by atoms with E-state index < -0.39 is 12.0 Å². The number of likely N-dealkylation sites (N-methyl/N-ethyl adjacent to an activating group) is 1. The van der Waals surface area contributed by atoms with E-state index in [0.29, 0.717) is 6.42 Å². The molecule has 0 heterocycles.